The fourth-order valence-corrected chi connectivity index (χ4v) is 7.30. The van der Waals surface area contributed by atoms with Gasteiger partial charge >= 0.3 is 0 Å². The predicted octanol–water partition coefficient (Wildman–Crippen LogP) is 2.26. The van der Waals surface area contributed by atoms with Crippen molar-refractivity contribution in [3.63, 3.8) is 0 Å². The third-order valence-electron chi connectivity index (χ3n) is 10.9. The number of nitrogens with zero attached hydrogens (tertiary/aromatic N) is 5. The number of fused-ring (bicyclic) bond motifs is 2. The minimum absolute atomic E-state index is 0.0557. The van der Waals surface area contributed by atoms with Crippen LogP contribution in [0.2, 0.25) is 0 Å². The molecule has 1 atom stereocenters. The Bertz CT molecular complexity index is 2700. The zero-order valence-electron chi connectivity index (χ0n) is 40.3. The molecular weight excluding hydrogens is 957 g/mol. The molecule has 5 heterocycles. The van der Waals surface area contributed by atoms with Crippen LogP contribution in [0.25, 0.3) is 22.7 Å². The summed E-state index contributed by atoms with van der Waals surface area (Å²) in [6, 6.07) is 15.1. The van der Waals surface area contributed by atoms with Gasteiger partial charge < -0.3 is 57.7 Å². The van der Waals surface area contributed by atoms with Crippen LogP contribution in [-0.4, -0.2) is 179 Å². The minimum Gasteiger partial charge on any atom is -0.490 e. The summed E-state index contributed by atoms with van der Waals surface area (Å²) in [5.74, 6) is -1.88. The molecule has 0 radical (unpaired) electrons. The molecule has 0 saturated carbocycles. The average molecular weight is 1020 g/mol. The standard InChI is InChI=1S/C49H58N8O16/c1-56-43(59)12-9-39(55-56)47-53-36-7-5-33(31-41(36)73-47)52-45(60)38-8-6-34(32-51-38)72-30-29-71-28-27-70-26-25-69-24-23-68-22-21-67-20-19-66-18-17-65-16-15-64-14-13-50-37-4-2-3-35-44(37)49(63)57(48(35)62)40-10-11-42(58)54-46(40)61/h2-9,12,31-32,40,50H,10-11,13-30H2,1H3,(H,52,60)(H,54,58,61). The number of benzene rings is 2. The van der Waals surface area contributed by atoms with Crippen LogP contribution in [-0.2, 0) is 54.5 Å². The van der Waals surface area contributed by atoms with Crippen molar-refractivity contribution in [2.24, 2.45) is 7.05 Å². The van der Waals surface area contributed by atoms with Crippen molar-refractivity contribution in [1.82, 2.24) is 30.0 Å². The number of carbonyl (C=O) groups is 5. The number of carbonyl (C=O) groups excluding carboxylic acids is 5. The molecule has 24 nitrogen and oxygen atoms in total. The fraction of sp³-hybridized carbons (Fsp3) is 0.449. The highest BCUT2D eigenvalue weighted by Gasteiger charge is 2.45. The Hall–Kier alpha value is -7.03. The van der Waals surface area contributed by atoms with Crippen LogP contribution in [0.5, 0.6) is 5.75 Å². The van der Waals surface area contributed by atoms with E-state index in [9.17, 15) is 28.8 Å². The Balaban J connectivity index is 0.596. The summed E-state index contributed by atoms with van der Waals surface area (Å²) in [6.07, 6.45) is 1.61. The van der Waals surface area contributed by atoms with Gasteiger partial charge in [0.15, 0.2) is 5.58 Å². The number of ether oxygens (including phenoxy) is 9. The van der Waals surface area contributed by atoms with Crippen molar-refractivity contribution in [1.29, 1.82) is 0 Å². The van der Waals surface area contributed by atoms with E-state index in [0.29, 0.717) is 146 Å². The third-order valence-corrected chi connectivity index (χ3v) is 10.9. The maximum Gasteiger partial charge on any atom is 0.274 e. The van der Waals surface area contributed by atoms with Crippen LogP contribution >= 0.6 is 0 Å². The van der Waals surface area contributed by atoms with Gasteiger partial charge in [-0.3, -0.25) is 39.0 Å². The maximum atomic E-state index is 13.2. The molecule has 73 heavy (non-hydrogen) atoms. The van der Waals surface area contributed by atoms with E-state index >= 15 is 0 Å². The number of hydrogen-bond acceptors (Lipinski definition) is 20. The van der Waals surface area contributed by atoms with Gasteiger partial charge in [0, 0.05) is 43.5 Å². The predicted molar refractivity (Wildman–Crippen MR) is 258 cm³/mol. The van der Waals surface area contributed by atoms with Gasteiger partial charge in [0.25, 0.3) is 23.3 Å². The topological polar surface area (TPSA) is 282 Å². The Labute approximate surface area is 418 Å². The minimum atomic E-state index is -1.02. The van der Waals surface area contributed by atoms with E-state index in [1.54, 1.807) is 55.6 Å². The highest BCUT2D eigenvalue weighted by molar-refractivity contribution is 6.25. The van der Waals surface area contributed by atoms with Crippen LogP contribution in [0.15, 0.2) is 76.1 Å². The molecule has 2 aromatic carbocycles. The number of hydrogen-bond donors (Lipinski definition) is 3. The van der Waals surface area contributed by atoms with Crippen LogP contribution < -0.4 is 26.2 Å². The Kier molecular flexibility index (Phi) is 20.8. The molecule has 0 aliphatic carbocycles. The Morgan fingerprint density at radius 1 is 0.712 bits per heavy atom. The lowest BCUT2D eigenvalue weighted by Gasteiger charge is -2.27. The fourth-order valence-electron chi connectivity index (χ4n) is 7.30. The molecule has 2 aliphatic heterocycles. The molecule has 0 spiro atoms. The summed E-state index contributed by atoms with van der Waals surface area (Å²) in [5.41, 5.74) is 2.72. The number of anilines is 2. The molecule has 5 aromatic rings. The number of nitrogens with one attached hydrogen (secondary N) is 3. The number of imide groups is 2. The summed E-state index contributed by atoms with van der Waals surface area (Å²) in [5, 5.41) is 12.3. The van der Waals surface area contributed by atoms with Gasteiger partial charge in [-0.25, -0.2) is 14.6 Å². The monoisotopic (exact) mass is 1010 g/mol. The molecule has 2 aliphatic rings. The second-order valence-corrected chi connectivity index (χ2v) is 16.1. The van der Waals surface area contributed by atoms with Gasteiger partial charge in [-0.1, -0.05) is 6.07 Å². The zero-order valence-corrected chi connectivity index (χ0v) is 40.3. The Morgan fingerprint density at radius 3 is 1.92 bits per heavy atom. The molecule has 3 aromatic heterocycles. The first kappa shape index (κ1) is 53.8. The maximum absolute atomic E-state index is 13.2. The number of pyridine rings is 1. The highest BCUT2D eigenvalue weighted by atomic mass is 16.6. The number of aryl methyl sites for hydroxylation is 1. The van der Waals surface area contributed by atoms with E-state index in [1.807, 2.05) is 0 Å². The molecule has 7 rings (SSSR count). The molecule has 5 amide bonds. The van der Waals surface area contributed by atoms with Gasteiger partial charge in [0.1, 0.15) is 35.3 Å². The second-order valence-electron chi connectivity index (χ2n) is 16.1. The molecule has 3 N–H and O–H groups in total. The average Bonchev–Trinajstić information content (AvgIpc) is 3.93. The van der Waals surface area contributed by atoms with Crippen LogP contribution in [0.3, 0.4) is 0 Å². The van der Waals surface area contributed by atoms with Gasteiger partial charge in [-0.2, -0.15) is 5.10 Å². The SMILES string of the molecule is Cn1nc(-c2nc3ccc(NC(=O)c4ccc(OCCOCCOCCOCCOCCOCCOCCOCCOCCNc5cccc6c5C(=O)N(C5CCC(=O)NC5=O)C6=O)cn4)cc3o2)ccc1=O. The molecule has 390 valence electrons. The number of rotatable bonds is 33. The van der Waals surface area contributed by atoms with E-state index in [4.69, 9.17) is 47.0 Å². The zero-order chi connectivity index (χ0) is 51.2. The molecule has 1 saturated heterocycles. The van der Waals surface area contributed by atoms with Crippen molar-refractivity contribution in [3.05, 3.63) is 94.0 Å². The van der Waals surface area contributed by atoms with Gasteiger partial charge in [-0.05, 0) is 48.9 Å². The van der Waals surface area contributed by atoms with E-state index in [1.165, 1.54) is 23.0 Å². The first-order valence-electron chi connectivity index (χ1n) is 23.7. The summed E-state index contributed by atoms with van der Waals surface area (Å²) < 4.78 is 57.0. The normalized spacial score (nSPS) is 14.5. The number of aromatic nitrogens is 4. The lowest BCUT2D eigenvalue weighted by atomic mass is 10.0. The molecule has 0 bridgehead atoms. The molecule has 1 fully saturated rings. The van der Waals surface area contributed by atoms with Crippen LogP contribution in [0, 0.1) is 0 Å². The lowest BCUT2D eigenvalue weighted by molar-refractivity contribution is -0.136. The lowest BCUT2D eigenvalue weighted by Crippen LogP contribution is -2.54. The van der Waals surface area contributed by atoms with E-state index < -0.39 is 35.6 Å². The summed E-state index contributed by atoms with van der Waals surface area (Å²) in [4.78, 5) is 84.1. The highest BCUT2D eigenvalue weighted by Crippen LogP contribution is 2.32. The largest absolute Gasteiger partial charge is 0.490 e. The van der Waals surface area contributed by atoms with Crippen molar-refractivity contribution in [2.75, 3.05) is 129 Å². The summed E-state index contributed by atoms with van der Waals surface area (Å²) in [6.45, 7) is 7.05. The van der Waals surface area contributed by atoms with E-state index in [-0.39, 0.29) is 47.7 Å². The van der Waals surface area contributed by atoms with E-state index in [2.05, 4.69) is 31.0 Å². The third kappa shape index (κ3) is 16.0. The van der Waals surface area contributed by atoms with Gasteiger partial charge in [0.05, 0.1) is 123 Å². The van der Waals surface area contributed by atoms with Crippen LogP contribution in [0.4, 0.5) is 11.4 Å². The summed E-state index contributed by atoms with van der Waals surface area (Å²) in [7, 11) is 1.54. The van der Waals surface area contributed by atoms with Crippen molar-refractivity contribution < 1.29 is 71.0 Å². The van der Waals surface area contributed by atoms with Crippen molar-refractivity contribution >= 4 is 52.0 Å². The van der Waals surface area contributed by atoms with Gasteiger partial charge in [0.2, 0.25) is 17.7 Å². The second kappa shape index (κ2) is 28.3. The first-order chi connectivity index (χ1) is 35.7. The van der Waals surface area contributed by atoms with Crippen LogP contribution in [0.1, 0.15) is 44.0 Å². The molecule has 1 unspecified atom stereocenters. The van der Waals surface area contributed by atoms with Crippen molar-refractivity contribution in [3.8, 4) is 17.3 Å². The first-order valence-corrected chi connectivity index (χ1v) is 23.7. The van der Waals surface area contributed by atoms with E-state index in [0.717, 1.165) is 4.90 Å². The van der Waals surface area contributed by atoms with Crippen molar-refractivity contribution in [2.45, 2.75) is 18.9 Å². The number of amides is 5. The number of oxazole rings is 1. The molecular formula is C49H58N8O16. The van der Waals surface area contributed by atoms with Gasteiger partial charge in [-0.15, -0.1) is 0 Å². The quantitative estimate of drug-likeness (QED) is 0.0401. The Morgan fingerprint density at radius 2 is 1.33 bits per heavy atom. The smallest absolute Gasteiger partial charge is 0.274 e. The summed E-state index contributed by atoms with van der Waals surface area (Å²) >= 11 is 0. The molecule has 24 heteroatoms. The number of piperidine rings is 1.